The molecule has 1 aliphatic heterocycles. The molecule has 1 fully saturated rings. The fraction of sp³-hybridized carbons (Fsp3) is 0.667. The molecule has 1 saturated heterocycles. The van der Waals surface area contributed by atoms with Crippen molar-refractivity contribution in [3.8, 4) is 0 Å². The lowest BCUT2D eigenvalue weighted by atomic mass is 10.2. The van der Waals surface area contributed by atoms with Gasteiger partial charge in [0.2, 0.25) is 5.91 Å². The zero-order valence-corrected chi connectivity index (χ0v) is 11.5. The van der Waals surface area contributed by atoms with Crippen LogP contribution in [0.2, 0.25) is 0 Å². The molecule has 0 aromatic carbocycles. The first-order valence-electron chi connectivity index (χ1n) is 6.18. The summed E-state index contributed by atoms with van der Waals surface area (Å²) in [5.41, 5.74) is 6.51. The molecule has 1 aliphatic rings. The largest absolute Gasteiger partial charge is 0.364 e. The highest BCUT2D eigenvalue weighted by Crippen LogP contribution is 2.21. The van der Waals surface area contributed by atoms with Crippen molar-refractivity contribution in [2.75, 3.05) is 6.54 Å². The molecule has 3 N–H and O–H groups in total. The first-order valence-corrected chi connectivity index (χ1v) is 7.06. The van der Waals surface area contributed by atoms with E-state index in [1.165, 1.54) is 0 Å². The van der Waals surface area contributed by atoms with Gasteiger partial charge in [-0.05, 0) is 26.7 Å². The van der Waals surface area contributed by atoms with E-state index < -0.39 is 0 Å². The number of amides is 1. The van der Waals surface area contributed by atoms with Gasteiger partial charge in [0.1, 0.15) is 11.1 Å². The Hall–Kier alpha value is -0.980. The van der Waals surface area contributed by atoms with Crippen molar-refractivity contribution in [2.45, 2.75) is 44.9 Å². The van der Waals surface area contributed by atoms with Crippen LogP contribution in [0.1, 0.15) is 36.5 Å². The van der Waals surface area contributed by atoms with Crippen LogP contribution in [-0.2, 0) is 9.53 Å². The SMILES string of the molecule is Cc1csc(C(C)NC(=O)[C@@H]2CC[C@H](CN)O2)n1. The van der Waals surface area contributed by atoms with Crippen LogP contribution < -0.4 is 11.1 Å². The smallest absolute Gasteiger partial charge is 0.249 e. The lowest BCUT2D eigenvalue weighted by Gasteiger charge is -2.16. The van der Waals surface area contributed by atoms with Crippen LogP contribution in [0.3, 0.4) is 0 Å². The number of nitrogens with two attached hydrogens (primary N) is 1. The van der Waals surface area contributed by atoms with Crippen molar-refractivity contribution in [3.05, 3.63) is 16.1 Å². The third kappa shape index (κ3) is 3.07. The van der Waals surface area contributed by atoms with Crippen molar-refractivity contribution in [1.82, 2.24) is 10.3 Å². The molecule has 0 aliphatic carbocycles. The predicted molar refractivity (Wildman–Crippen MR) is 70.4 cm³/mol. The Morgan fingerprint density at radius 1 is 1.72 bits per heavy atom. The van der Waals surface area contributed by atoms with E-state index in [4.69, 9.17) is 10.5 Å². The Bertz CT molecular complexity index is 421. The van der Waals surface area contributed by atoms with Crippen LogP contribution in [0, 0.1) is 6.92 Å². The van der Waals surface area contributed by atoms with Gasteiger partial charge in [-0.1, -0.05) is 0 Å². The Kier molecular flexibility index (Phi) is 4.31. The molecule has 1 amide bonds. The number of nitrogens with zero attached hydrogens (tertiary/aromatic N) is 1. The molecule has 100 valence electrons. The molecule has 18 heavy (non-hydrogen) atoms. The molecule has 0 spiro atoms. The summed E-state index contributed by atoms with van der Waals surface area (Å²) in [6.45, 7) is 4.36. The second-order valence-electron chi connectivity index (χ2n) is 4.62. The van der Waals surface area contributed by atoms with E-state index in [9.17, 15) is 4.79 Å². The highest BCUT2D eigenvalue weighted by atomic mass is 32.1. The van der Waals surface area contributed by atoms with Gasteiger partial charge < -0.3 is 15.8 Å². The predicted octanol–water partition coefficient (Wildman–Crippen LogP) is 1.14. The number of nitrogens with one attached hydrogen (secondary N) is 1. The lowest BCUT2D eigenvalue weighted by molar-refractivity contribution is -0.132. The average Bonchev–Trinajstić information content (AvgIpc) is 2.97. The fourth-order valence-electron chi connectivity index (χ4n) is 2.01. The molecular weight excluding hydrogens is 250 g/mol. The number of hydrogen-bond acceptors (Lipinski definition) is 5. The lowest BCUT2D eigenvalue weighted by Crippen LogP contribution is -2.36. The molecule has 1 aromatic heterocycles. The van der Waals surface area contributed by atoms with Gasteiger partial charge in [-0.2, -0.15) is 0 Å². The van der Waals surface area contributed by atoms with Gasteiger partial charge in [-0.15, -0.1) is 11.3 Å². The zero-order chi connectivity index (χ0) is 13.1. The molecule has 5 nitrogen and oxygen atoms in total. The van der Waals surface area contributed by atoms with Gasteiger partial charge >= 0.3 is 0 Å². The molecule has 2 rings (SSSR count). The van der Waals surface area contributed by atoms with Gasteiger partial charge in [0.15, 0.2) is 0 Å². The first kappa shape index (κ1) is 13.5. The Morgan fingerprint density at radius 3 is 3.06 bits per heavy atom. The molecule has 2 heterocycles. The number of aryl methyl sites for hydroxylation is 1. The second-order valence-corrected chi connectivity index (χ2v) is 5.51. The van der Waals surface area contributed by atoms with Crippen LogP contribution in [0.5, 0.6) is 0 Å². The summed E-state index contributed by atoms with van der Waals surface area (Å²) in [5, 5.41) is 5.85. The Morgan fingerprint density at radius 2 is 2.50 bits per heavy atom. The van der Waals surface area contributed by atoms with E-state index in [-0.39, 0.29) is 24.2 Å². The zero-order valence-electron chi connectivity index (χ0n) is 10.7. The maximum Gasteiger partial charge on any atom is 0.249 e. The highest BCUT2D eigenvalue weighted by Gasteiger charge is 2.30. The van der Waals surface area contributed by atoms with Crippen molar-refractivity contribution in [2.24, 2.45) is 5.73 Å². The number of aromatic nitrogens is 1. The van der Waals surface area contributed by atoms with Crippen LogP contribution in [-0.4, -0.2) is 29.6 Å². The maximum absolute atomic E-state index is 12.0. The van der Waals surface area contributed by atoms with Gasteiger partial charge in [-0.25, -0.2) is 4.98 Å². The third-order valence-electron chi connectivity index (χ3n) is 3.03. The molecule has 6 heteroatoms. The average molecular weight is 269 g/mol. The number of thiazole rings is 1. The van der Waals surface area contributed by atoms with E-state index in [2.05, 4.69) is 10.3 Å². The van der Waals surface area contributed by atoms with Crippen LogP contribution in [0.4, 0.5) is 0 Å². The van der Waals surface area contributed by atoms with Crippen molar-refractivity contribution >= 4 is 17.2 Å². The Labute approximate surface area is 111 Å². The van der Waals surface area contributed by atoms with Crippen LogP contribution >= 0.6 is 11.3 Å². The second kappa shape index (κ2) is 5.77. The third-order valence-corrected chi connectivity index (χ3v) is 4.17. The molecule has 1 unspecified atom stereocenters. The number of rotatable bonds is 4. The minimum absolute atomic E-state index is 0.0261. The molecule has 3 atom stereocenters. The quantitative estimate of drug-likeness (QED) is 0.859. The van der Waals surface area contributed by atoms with Crippen LogP contribution in [0.15, 0.2) is 5.38 Å². The minimum Gasteiger partial charge on any atom is -0.364 e. The topological polar surface area (TPSA) is 77.2 Å². The normalized spacial score (nSPS) is 25.1. The van der Waals surface area contributed by atoms with Crippen molar-refractivity contribution in [1.29, 1.82) is 0 Å². The summed E-state index contributed by atoms with van der Waals surface area (Å²) in [6.07, 6.45) is 1.27. The van der Waals surface area contributed by atoms with Gasteiger partial charge in [0.05, 0.1) is 12.1 Å². The highest BCUT2D eigenvalue weighted by molar-refractivity contribution is 7.09. The van der Waals surface area contributed by atoms with Crippen molar-refractivity contribution in [3.63, 3.8) is 0 Å². The summed E-state index contributed by atoms with van der Waals surface area (Å²) >= 11 is 1.56. The number of carbonyl (C=O) groups is 1. The molecule has 0 saturated carbocycles. The van der Waals surface area contributed by atoms with Gasteiger partial charge in [-0.3, -0.25) is 4.79 Å². The van der Waals surface area contributed by atoms with Crippen molar-refractivity contribution < 1.29 is 9.53 Å². The Balaban J connectivity index is 1.88. The molecule has 1 aromatic rings. The number of ether oxygens (including phenoxy) is 1. The number of carbonyl (C=O) groups excluding carboxylic acids is 1. The summed E-state index contributed by atoms with van der Waals surface area (Å²) in [6, 6.07) is -0.0725. The summed E-state index contributed by atoms with van der Waals surface area (Å²) in [7, 11) is 0. The summed E-state index contributed by atoms with van der Waals surface area (Å²) in [5.74, 6) is -0.0636. The van der Waals surface area contributed by atoms with Gasteiger partial charge in [0.25, 0.3) is 0 Å². The molecule has 0 bridgehead atoms. The van der Waals surface area contributed by atoms with E-state index in [1.54, 1.807) is 11.3 Å². The van der Waals surface area contributed by atoms with E-state index in [0.29, 0.717) is 6.54 Å². The van der Waals surface area contributed by atoms with E-state index in [1.807, 2.05) is 19.2 Å². The monoisotopic (exact) mass is 269 g/mol. The van der Waals surface area contributed by atoms with Gasteiger partial charge in [0, 0.05) is 17.6 Å². The minimum atomic E-state index is -0.359. The van der Waals surface area contributed by atoms with Crippen LogP contribution in [0.25, 0.3) is 0 Å². The first-order chi connectivity index (χ1) is 8.60. The summed E-state index contributed by atoms with van der Waals surface area (Å²) in [4.78, 5) is 16.4. The van der Waals surface area contributed by atoms with E-state index >= 15 is 0 Å². The summed E-state index contributed by atoms with van der Waals surface area (Å²) < 4.78 is 5.56. The fourth-order valence-corrected chi connectivity index (χ4v) is 2.81. The molecule has 0 radical (unpaired) electrons. The standard InChI is InChI=1S/C12H19N3O2S/c1-7-6-18-12(14-7)8(2)15-11(16)10-4-3-9(5-13)17-10/h6,8-10H,3-5,13H2,1-2H3,(H,15,16)/t8?,9-,10+/m1/s1. The molecular formula is C12H19N3O2S. The number of hydrogen-bond donors (Lipinski definition) is 2. The maximum atomic E-state index is 12.0. The van der Waals surface area contributed by atoms with E-state index in [0.717, 1.165) is 23.5 Å².